The van der Waals surface area contributed by atoms with Crippen LogP contribution in [0.1, 0.15) is 47.2 Å². The van der Waals surface area contributed by atoms with Gasteiger partial charge in [0.05, 0.1) is 4.88 Å². The lowest BCUT2D eigenvalue weighted by molar-refractivity contribution is -0.135. The molecule has 1 nitrogen and oxygen atoms in total. The molecule has 17 heavy (non-hydrogen) atoms. The molecule has 0 aromatic carbocycles. The van der Waals surface area contributed by atoms with Crippen LogP contribution in [0.15, 0.2) is 12.1 Å². The molecule has 0 radical (unpaired) electrons. The van der Waals surface area contributed by atoms with E-state index in [0.29, 0.717) is 6.42 Å². The number of alkyl halides is 3. The highest BCUT2D eigenvalue weighted by atomic mass is 32.1. The van der Waals surface area contributed by atoms with Crippen molar-refractivity contribution in [1.82, 2.24) is 0 Å². The Labute approximate surface area is 103 Å². The number of unbranched alkanes of at least 4 members (excludes halogenated alkanes) is 2. The highest BCUT2D eigenvalue weighted by Gasteiger charge is 2.25. The first-order chi connectivity index (χ1) is 7.88. The van der Waals surface area contributed by atoms with Crippen LogP contribution in [-0.4, -0.2) is 12.0 Å². The number of hydrogen-bond acceptors (Lipinski definition) is 2. The molecule has 0 saturated heterocycles. The maximum Gasteiger partial charge on any atom is 0.389 e. The number of carbonyl (C=O) groups excluding carboxylic acids is 1. The number of Topliss-reactive ketones (excluding diaryl/α,β-unsaturated/α-hetero) is 1. The Balaban J connectivity index is 2.20. The van der Waals surface area contributed by atoms with E-state index < -0.39 is 12.6 Å². The van der Waals surface area contributed by atoms with E-state index >= 15 is 0 Å². The van der Waals surface area contributed by atoms with Gasteiger partial charge in [-0.2, -0.15) is 13.2 Å². The molecule has 0 saturated carbocycles. The number of rotatable bonds is 6. The Morgan fingerprint density at radius 2 is 1.94 bits per heavy atom. The van der Waals surface area contributed by atoms with E-state index in [4.69, 9.17) is 0 Å². The molecular formula is C12H15F3OS. The summed E-state index contributed by atoms with van der Waals surface area (Å²) >= 11 is 1.43. The van der Waals surface area contributed by atoms with Crippen molar-refractivity contribution in [3.8, 4) is 0 Å². The van der Waals surface area contributed by atoms with Crippen molar-refractivity contribution in [3.05, 3.63) is 21.9 Å². The lowest BCUT2D eigenvalue weighted by atomic mass is 10.1. The first kappa shape index (κ1) is 14.2. The summed E-state index contributed by atoms with van der Waals surface area (Å²) in [6, 6.07) is 3.66. The summed E-state index contributed by atoms with van der Waals surface area (Å²) < 4.78 is 35.6. The van der Waals surface area contributed by atoms with Gasteiger partial charge >= 0.3 is 6.18 Å². The van der Waals surface area contributed by atoms with Gasteiger partial charge in [0.2, 0.25) is 0 Å². The van der Waals surface area contributed by atoms with E-state index in [2.05, 4.69) is 0 Å². The Morgan fingerprint density at radius 3 is 2.47 bits per heavy atom. The first-order valence-electron chi connectivity index (χ1n) is 5.55. The van der Waals surface area contributed by atoms with E-state index in [1.54, 1.807) is 6.07 Å². The standard InChI is InChI=1S/C12H15F3OS/c1-9(16)11-7-6-10(17-11)5-3-2-4-8-12(13,14)15/h6-7H,2-5,8H2,1H3. The number of halogens is 3. The van der Waals surface area contributed by atoms with Crippen LogP contribution in [0.5, 0.6) is 0 Å². The van der Waals surface area contributed by atoms with Crippen molar-refractivity contribution in [2.75, 3.05) is 0 Å². The Kier molecular flexibility index (Phi) is 5.18. The van der Waals surface area contributed by atoms with Gasteiger partial charge in [0.15, 0.2) is 5.78 Å². The van der Waals surface area contributed by atoms with Gasteiger partial charge in [0, 0.05) is 11.3 Å². The molecule has 96 valence electrons. The van der Waals surface area contributed by atoms with Gasteiger partial charge in [0.25, 0.3) is 0 Å². The number of thiophene rings is 1. The first-order valence-corrected chi connectivity index (χ1v) is 6.36. The molecule has 0 N–H and O–H groups in total. The lowest BCUT2D eigenvalue weighted by Crippen LogP contribution is -2.06. The fraction of sp³-hybridized carbons (Fsp3) is 0.583. The Bertz CT molecular complexity index is 368. The van der Waals surface area contributed by atoms with Gasteiger partial charge in [-0.15, -0.1) is 11.3 Å². The van der Waals surface area contributed by atoms with Crippen LogP contribution in [0.2, 0.25) is 0 Å². The minimum absolute atomic E-state index is 0.0401. The zero-order chi connectivity index (χ0) is 12.9. The molecule has 1 rings (SSSR count). The highest BCUT2D eigenvalue weighted by molar-refractivity contribution is 7.14. The van der Waals surface area contributed by atoms with Crippen molar-refractivity contribution in [3.63, 3.8) is 0 Å². The monoisotopic (exact) mass is 264 g/mol. The maximum absolute atomic E-state index is 11.9. The van der Waals surface area contributed by atoms with E-state index in [-0.39, 0.29) is 12.2 Å². The summed E-state index contributed by atoms with van der Waals surface area (Å²) in [4.78, 5) is 12.8. The van der Waals surface area contributed by atoms with Gasteiger partial charge in [-0.1, -0.05) is 6.42 Å². The maximum atomic E-state index is 11.9. The molecule has 1 aromatic rings. The summed E-state index contributed by atoms with van der Waals surface area (Å²) in [5.74, 6) is 0.0401. The molecule has 0 aliphatic heterocycles. The van der Waals surface area contributed by atoms with Crippen molar-refractivity contribution in [2.24, 2.45) is 0 Å². The van der Waals surface area contributed by atoms with Crippen molar-refractivity contribution < 1.29 is 18.0 Å². The fourth-order valence-corrected chi connectivity index (χ4v) is 2.45. The third-order valence-electron chi connectivity index (χ3n) is 2.39. The molecule has 0 bridgehead atoms. The zero-order valence-electron chi connectivity index (χ0n) is 9.64. The van der Waals surface area contributed by atoms with Gasteiger partial charge < -0.3 is 0 Å². The summed E-state index contributed by atoms with van der Waals surface area (Å²) in [5.41, 5.74) is 0. The van der Waals surface area contributed by atoms with E-state index in [1.807, 2.05) is 6.07 Å². The molecule has 5 heteroatoms. The van der Waals surface area contributed by atoms with Gasteiger partial charge in [-0.05, 0) is 38.3 Å². The second-order valence-electron chi connectivity index (χ2n) is 4.00. The van der Waals surface area contributed by atoms with E-state index in [9.17, 15) is 18.0 Å². The van der Waals surface area contributed by atoms with Crippen LogP contribution < -0.4 is 0 Å². The third-order valence-corrected chi connectivity index (χ3v) is 3.64. The largest absolute Gasteiger partial charge is 0.389 e. The molecule has 1 aromatic heterocycles. The van der Waals surface area contributed by atoms with Gasteiger partial charge in [-0.3, -0.25) is 4.79 Å². The fourth-order valence-electron chi connectivity index (χ4n) is 1.50. The van der Waals surface area contributed by atoms with Crippen LogP contribution in [0.3, 0.4) is 0 Å². The SMILES string of the molecule is CC(=O)c1ccc(CCCCCC(F)(F)F)s1. The second kappa shape index (κ2) is 6.19. The molecule has 0 amide bonds. The normalized spacial score (nSPS) is 11.8. The van der Waals surface area contributed by atoms with Crippen molar-refractivity contribution in [2.45, 2.75) is 45.2 Å². The summed E-state index contributed by atoms with van der Waals surface area (Å²) in [6.45, 7) is 1.51. The highest BCUT2D eigenvalue weighted by Crippen LogP contribution is 2.24. The molecule has 0 spiro atoms. The van der Waals surface area contributed by atoms with Crippen LogP contribution in [0.25, 0.3) is 0 Å². The van der Waals surface area contributed by atoms with Gasteiger partial charge in [-0.25, -0.2) is 0 Å². The minimum atomic E-state index is -4.04. The Morgan fingerprint density at radius 1 is 1.24 bits per heavy atom. The number of aryl methyl sites for hydroxylation is 1. The molecule has 0 fully saturated rings. The third kappa shape index (κ3) is 5.86. The van der Waals surface area contributed by atoms with Crippen LogP contribution >= 0.6 is 11.3 Å². The predicted molar refractivity (Wildman–Crippen MR) is 62.6 cm³/mol. The molecule has 0 unspecified atom stereocenters. The lowest BCUT2D eigenvalue weighted by Gasteiger charge is -2.04. The molecular weight excluding hydrogens is 249 g/mol. The summed E-state index contributed by atoms with van der Waals surface area (Å²) in [7, 11) is 0. The molecule has 0 atom stereocenters. The summed E-state index contributed by atoms with van der Waals surface area (Å²) in [6.07, 6.45) is -2.47. The zero-order valence-corrected chi connectivity index (χ0v) is 10.5. The van der Waals surface area contributed by atoms with Crippen LogP contribution in [0, 0.1) is 0 Å². The smallest absolute Gasteiger partial charge is 0.294 e. The molecule has 0 aliphatic rings. The van der Waals surface area contributed by atoms with E-state index in [1.165, 1.54) is 18.3 Å². The van der Waals surface area contributed by atoms with Crippen LogP contribution in [0.4, 0.5) is 13.2 Å². The average Bonchev–Trinajstić information content (AvgIpc) is 2.64. The molecule has 0 aliphatic carbocycles. The second-order valence-corrected chi connectivity index (χ2v) is 5.17. The number of ketones is 1. The van der Waals surface area contributed by atoms with Crippen molar-refractivity contribution >= 4 is 17.1 Å². The number of carbonyl (C=O) groups is 1. The average molecular weight is 264 g/mol. The Hall–Kier alpha value is -0.840. The quantitative estimate of drug-likeness (QED) is 0.541. The van der Waals surface area contributed by atoms with E-state index in [0.717, 1.165) is 22.6 Å². The molecule has 1 heterocycles. The minimum Gasteiger partial charge on any atom is -0.294 e. The predicted octanol–water partition coefficient (Wildman–Crippen LogP) is 4.62. The number of hydrogen-bond donors (Lipinski definition) is 0. The summed E-state index contributed by atoms with van der Waals surface area (Å²) in [5, 5.41) is 0. The topological polar surface area (TPSA) is 17.1 Å². The van der Waals surface area contributed by atoms with Crippen LogP contribution in [-0.2, 0) is 6.42 Å². The van der Waals surface area contributed by atoms with Gasteiger partial charge in [0.1, 0.15) is 0 Å². The van der Waals surface area contributed by atoms with Crippen molar-refractivity contribution in [1.29, 1.82) is 0 Å².